The molecule has 0 radical (unpaired) electrons. The molecule has 2 nitrogen and oxygen atoms in total. The Bertz CT molecular complexity index is 562. The Kier molecular flexibility index (Phi) is 5.29. The van der Waals surface area contributed by atoms with Crippen molar-refractivity contribution in [1.82, 2.24) is 0 Å². The number of halogens is 2. The summed E-state index contributed by atoms with van der Waals surface area (Å²) in [4.78, 5) is 0. The summed E-state index contributed by atoms with van der Waals surface area (Å²) in [6.07, 6.45) is -0.370. The van der Waals surface area contributed by atoms with Gasteiger partial charge in [-0.2, -0.15) is 0 Å². The molecule has 0 aliphatic rings. The lowest BCUT2D eigenvalue weighted by molar-refractivity contribution is 0.0421. The van der Waals surface area contributed by atoms with Gasteiger partial charge in [0.25, 0.3) is 0 Å². The van der Waals surface area contributed by atoms with Crippen LogP contribution in [0.15, 0.2) is 53.0 Å². The quantitative estimate of drug-likeness (QED) is 0.879. The average Bonchev–Trinajstić information content (AvgIpc) is 2.47. The fourth-order valence-electron chi connectivity index (χ4n) is 2.16. The molecule has 0 amide bonds. The van der Waals surface area contributed by atoms with Crippen molar-refractivity contribution >= 4 is 15.9 Å². The minimum absolute atomic E-state index is 0.318. The van der Waals surface area contributed by atoms with Crippen molar-refractivity contribution in [2.24, 2.45) is 5.73 Å². The highest BCUT2D eigenvalue weighted by molar-refractivity contribution is 9.10. The van der Waals surface area contributed by atoms with Gasteiger partial charge in [0.2, 0.25) is 0 Å². The van der Waals surface area contributed by atoms with Crippen LogP contribution in [-0.2, 0) is 4.74 Å². The zero-order valence-electron chi connectivity index (χ0n) is 11.2. The van der Waals surface area contributed by atoms with Crippen molar-refractivity contribution in [3.8, 4) is 0 Å². The predicted octanol–water partition coefficient (Wildman–Crippen LogP) is 4.37. The summed E-state index contributed by atoms with van der Waals surface area (Å²) in [5.74, 6) is -0.318. The van der Waals surface area contributed by atoms with Crippen LogP contribution < -0.4 is 5.73 Å². The predicted molar refractivity (Wildman–Crippen MR) is 81.8 cm³/mol. The lowest BCUT2D eigenvalue weighted by Crippen LogP contribution is -2.23. The van der Waals surface area contributed by atoms with E-state index in [-0.39, 0.29) is 11.9 Å². The first kappa shape index (κ1) is 15.2. The van der Waals surface area contributed by atoms with Gasteiger partial charge >= 0.3 is 0 Å². The van der Waals surface area contributed by atoms with Gasteiger partial charge < -0.3 is 10.5 Å². The molecule has 0 bridgehead atoms. The fraction of sp³-hybridized carbons (Fsp3) is 0.250. The number of benzene rings is 2. The van der Waals surface area contributed by atoms with Crippen LogP contribution in [0.1, 0.15) is 30.2 Å². The number of rotatable bonds is 5. The maximum Gasteiger partial charge on any atom is 0.128 e. The molecule has 0 aromatic heterocycles. The molecule has 0 spiro atoms. The van der Waals surface area contributed by atoms with E-state index in [0.717, 1.165) is 10.0 Å². The average molecular weight is 338 g/mol. The highest BCUT2D eigenvalue weighted by atomic mass is 79.9. The first-order valence-electron chi connectivity index (χ1n) is 6.50. The van der Waals surface area contributed by atoms with E-state index in [0.29, 0.717) is 12.2 Å². The maximum absolute atomic E-state index is 14.0. The molecule has 106 valence electrons. The second kappa shape index (κ2) is 6.97. The highest BCUT2D eigenvalue weighted by Gasteiger charge is 2.24. The van der Waals surface area contributed by atoms with Crippen LogP contribution in [0.3, 0.4) is 0 Å². The molecule has 2 atom stereocenters. The summed E-state index contributed by atoms with van der Waals surface area (Å²) in [7, 11) is 0. The van der Waals surface area contributed by atoms with E-state index in [1.165, 1.54) is 6.07 Å². The molecule has 0 saturated carbocycles. The molecule has 0 aliphatic carbocycles. The monoisotopic (exact) mass is 337 g/mol. The van der Waals surface area contributed by atoms with E-state index in [2.05, 4.69) is 15.9 Å². The van der Waals surface area contributed by atoms with Gasteiger partial charge in [-0.3, -0.25) is 0 Å². The molecule has 2 aromatic rings. The second-order valence-electron chi connectivity index (χ2n) is 4.48. The number of ether oxygens (including phenoxy) is 1. The SMILES string of the molecule is CCOC(c1ccccc1)C(N)c1cc(Br)ccc1F. The van der Waals surface area contributed by atoms with E-state index in [1.54, 1.807) is 12.1 Å². The van der Waals surface area contributed by atoms with Crippen molar-refractivity contribution < 1.29 is 9.13 Å². The summed E-state index contributed by atoms with van der Waals surface area (Å²) in [5.41, 5.74) is 7.63. The molecule has 2 aromatic carbocycles. The largest absolute Gasteiger partial charge is 0.372 e. The van der Waals surface area contributed by atoms with Gasteiger partial charge in [-0.1, -0.05) is 46.3 Å². The van der Waals surface area contributed by atoms with Gasteiger partial charge in [-0.25, -0.2) is 4.39 Å². The van der Waals surface area contributed by atoms with Gasteiger partial charge in [-0.05, 0) is 30.7 Å². The summed E-state index contributed by atoms with van der Waals surface area (Å²) in [5, 5.41) is 0. The Balaban J connectivity index is 2.36. The molecule has 0 aliphatic heterocycles. The standard InChI is InChI=1S/C16H17BrFNO/c1-2-20-16(11-6-4-3-5-7-11)15(19)13-10-12(17)8-9-14(13)18/h3-10,15-16H,2,19H2,1H3. The summed E-state index contributed by atoms with van der Waals surface area (Å²) in [6.45, 7) is 2.42. The minimum Gasteiger partial charge on any atom is -0.372 e. The van der Waals surface area contributed by atoms with E-state index in [1.807, 2.05) is 37.3 Å². The molecule has 0 fully saturated rings. The van der Waals surface area contributed by atoms with Gasteiger partial charge in [0.1, 0.15) is 11.9 Å². The van der Waals surface area contributed by atoms with Crippen LogP contribution in [0.2, 0.25) is 0 Å². The van der Waals surface area contributed by atoms with Crippen molar-refractivity contribution in [2.45, 2.75) is 19.1 Å². The Morgan fingerprint density at radius 2 is 1.90 bits per heavy atom. The molecular weight excluding hydrogens is 321 g/mol. The fourth-order valence-corrected chi connectivity index (χ4v) is 2.54. The molecule has 0 saturated heterocycles. The molecule has 2 unspecified atom stereocenters. The summed E-state index contributed by atoms with van der Waals surface area (Å²) in [6, 6.07) is 13.9. The van der Waals surface area contributed by atoms with Crippen molar-refractivity contribution in [3.63, 3.8) is 0 Å². The van der Waals surface area contributed by atoms with E-state index in [4.69, 9.17) is 10.5 Å². The van der Waals surface area contributed by atoms with Crippen molar-refractivity contribution in [1.29, 1.82) is 0 Å². The molecule has 0 heterocycles. The number of hydrogen-bond acceptors (Lipinski definition) is 2. The summed E-state index contributed by atoms with van der Waals surface area (Å²) < 4.78 is 20.5. The van der Waals surface area contributed by atoms with Gasteiger partial charge in [0.15, 0.2) is 0 Å². The van der Waals surface area contributed by atoms with Gasteiger partial charge in [-0.15, -0.1) is 0 Å². The number of nitrogens with two attached hydrogens (primary N) is 1. The lowest BCUT2D eigenvalue weighted by atomic mass is 9.96. The molecule has 20 heavy (non-hydrogen) atoms. The van der Waals surface area contributed by atoms with Crippen LogP contribution in [-0.4, -0.2) is 6.61 Å². The zero-order valence-corrected chi connectivity index (χ0v) is 12.8. The van der Waals surface area contributed by atoms with Crippen LogP contribution in [0.5, 0.6) is 0 Å². The van der Waals surface area contributed by atoms with E-state index >= 15 is 0 Å². The number of hydrogen-bond donors (Lipinski definition) is 1. The van der Waals surface area contributed by atoms with Crippen molar-refractivity contribution in [2.75, 3.05) is 6.61 Å². The van der Waals surface area contributed by atoms with Crippen LogP contribution in [0.4, 0.5) is 4.39 Å². The Morgan fingerprint density at radius 3 is 2.55 bits per heavy atom. The smallest absolute Gasteiger partial charge is 0.128 e. The molecule has 2 rings (SSSR count). The third kappa shape index (κ3) is 3.45. The van der Waals surface area contributed by atoms with Crippen LogP contribution in [0, 0.1) is 5.82 Å². The van der Waals surface area contributed by atoms with Gasteiger partial charge in [0, 0.05) is 16.6 Å². The molecule has 2 N–H and O–H groups in total. The molecule has 4 heteroatoms. The Labute approximate surface area is 126 Å². The van der Waals surface area contributed by atoms with Gasteiger partial charge in [0.05, 0.1) is 6.04 Å². The third-order valence-electron chi connectivity index (χ3n) is 3.12. The Hall–Kier alpha value is -1.23. The van der Waals surface area contributed by atoms with Crippen LogP contribution >= 0.6 is 15.9 Å². The van der Waals surface area contributed by atoms with Crippen LogP contribution in [0.25, 0.3) is 0 Å². The molecular formula is C16H17BrFNO. The summed E-state index contributed by atoms with van der Waals surface area (Å²) >= 11 is 3.35. The minimum atomic E-state index is -0.560. The normalized spacial score (nSPS) is 14.0. The van der Waals surface area contributed by atoms with Crippen molar-refractivity contribution in [3.05, 3.63) is 69.9 Å². The second-order valence-corrected chi connectivity index (χ2v) is 5.39. The topological polar surface area (TPSA) is 35.2 Å². The Morgan fingerprint density at radius 1 is 1.20 bits per heavy atom. The van der Waals surface area contributed by atoms with E-state index < -0.39 is 6.04 Å². The third-order valence-corrected chi connectivity index (χ3v) is 3.61. The first-order chi connectivity index (χ1) is 9.63. The first-order valence-corrected chi connectivity index (χ1v) is 7.30. The lowest BCUT2D eigenvalue weighted by Gasteiger charge is -2.25. The van der Waals surface area contributed by atoms with E-state index in [9.17, 15) is 4.39 Å². The highest BCUT2D eigenvalue weighted by Crippen LogP contribution is 2.32. The maximum atomic E-state index is 14.0. The zero-order chi connectivity index (χ0) is 14.5.